The van der Waals surface area contributed by atoms with E-state index in [1.54, 1.807) is 12.1 Å². The van der Waals surface area contributed by atoms with Gasteiger partial charge in [-0.25, -0.2) is 8.42 Å². The number of nitrogens with one attached hydrogen (secondary N) is 1. The molecule has 0 aliphatic carbocycles. The normalized spacial score (nSPS) is 11.3. The number of nitrogen functional groups attached to an aromatic ring is 1. The summed E-state index contributed by atoms with van der Waals surface area (Å²) in [4.78, 5) is 0.0174. The smallest absolute Gasteiger partial charge is 0.263 e. The number of rotatable bonds is 4. The van der Waals surface area contributed by atoms with Crippen LogP contribution in [0, 0.1) is 0 Å². The summed E-state index contributed by atoms with van der Waals surface area (Å²) in [6.07, 6.45) is 0.832. The van der Waals surface area contributed by atoms with Gasteiger partial charge in [-0.2, -0.15) is 0 Å². The summed E-state index contributed by atoms with van der Waals surface area (Å²) in [7, 11) is -3.72. The van der Waals surface area contributed by atoms with Crippen LogP contribution < -0.4 is 10.5 Å². The van der Waals surface area contributed by atoms with Gasteiger partial charge in [0.15, 0.2) is 0 Å². The van der Waals surface area contributed by atoms with E-state index < -0.39 is 10.0 Å². The first-order valence-corrected chi connectivity index (χ1v) is 7.95. The molecular weight excluding hydrogens is 296 g/mol. The Morgan fingerprint density at radius 1 is 1.20 bits per heavy atom. The van der Waals surface area contributed by atoms with Crippen molar-refractivity contribution in [2.75, 3.05) is 10.5 Å². The Hall–Kier alpha value is -1.72. The number of benzene rings is 2. The van der Waals surface area contributed by atoms with Crippen LogP contribution in [0.1, 0.15) is 12.5 Å². The lowest BCUT2D eigenvalue weighted by atomic mass is 10.1. The topological polar surface area (TPSA) is 72.2 Å². The first-order valence-electron chi connectivity index (χ1n) is 6.09. The molecular formula is C14H15ClN2O2S. The zero-order chi connectivity index (χ0) is 14.8. The molecule has 6 heteroatoms. The molecule has 2 aromatic rings. The van der Waals surface area contributed by atoms with Crippen LogP contribution in [0.2, 0.25) is 5.02 Å². The van der Waals surface area contributed by atoms with Crippen molar-refractivity contribution in [3.05, 3.63) is 53.1 Å². The zero-order valence-corrected chi connectivity index (χ0v) is 12.5. The fourth-order valence-electron chi connectivity index (χ4n) is 1.83. The molecule has 0 aliphatic heterocycles. The predicted molar refractivity (Wildman–Crippen MR) is 82.5 cm³/mol. The highest BCUT2D eigenvalue weighted by Crippen LogP contribution is 2.24. The second-order valence-electron chi connectivity index (χ2n) is 4.34. The van der Waals surface area contributed by atoms with E-state index in [-0.39, 0.29) is 10.6 Å². The molecule has 0 aliphatic rings. The van der Waals surface area contributed by atoms with Crippen molar-refractivity contribution < 1.29 is 8.42 Å². The van der Waals surface area contributed by atoms with Gasteiger partial charge in [-0.1, -0.05) is 30.7 Å². The van der Waals surface area contributed by atoms with E-state index in [0.29, 0.717) is 10.7 Å². The number of halogens is 1. The molecule has 20 heavy (non-hydrogen) atoms. The maximum atomic E-state index is 12.3. The number of hydrogen-bond donors (Lipinski definition) is 2. The summed E-state index contributed by atoms with van der Waals surface area (Å²) in [5.74, 6) is 0. The van der Waals surface area contributed by atoms with Crippen LogP contribution in [-0.4, -0.2) is 8.42 Å². The third-order valence-corrected chi connectivity index (χ3v) is 4.54. The standard InChI is InChI=1S/C14H15ClN2O2S/c1-2-10-4-3-5-12(8-10)17-20(18,19)14-7-6-11(15)9-13(14)16/h3-9,17H,2,16H2,1H3. The van der Waals surface area contributed by atoms with Gasteiger partial charge in [0.25, 0.3) is 10.0 Å². The Bertz CT molecular complexity index is 730. The van der Waals surface area contributed by atoms with Crippen molar-refractivity contribution in [3.63, 3.8) is 0 Å². The maximum absolute atomic E-state index is 12.3. The van der Waals surface area contributed by atoms with Gasteiger partial charge in [-0.05, 0) is 42.3 Å². The van der Waals surface area contributed by atoms with Crippen molar-refractivity contribution in [2.24, 2.45) is 0 Å². The Labute approximate surface area is 123 Å². The van der Waals surface area contributed by atoms with Gasteiger partial charge < -0.3 is 5.73 Å². The van der Waals surface area contributed by atoms with Crippen LogP contribution in [0.4, 0.5) is 11.4 Å². The summed E-state index contributed by atoms with van der Waals surface area (Å²) >= 11 is 5.77. The Kier molecular flexibility index (Phi) is 4.20. The molecule has 0 saturated carbocycles. The zero-order valence-electron chi connectivity index (χ0n) is 10.9. The van der Waals surface area contributed by atoms with E-state index >= 15 is 0 Å². The molecule has 0 heterocycles. The molecule has 106 valence electrons. The molecule has 0 fully saturated rings. The number of aryl methyl sites for hydroxylation is 1. The van der Waals surface area contributed by atoms with Gasteiger partial charge in [-0.15, -0.1) is 0 Å². The molecule has 3 N–H and O–H groups in total. The van der Waals surface area contributed by atoms with Crippen molar-refractivity contribution in [2.45, 2.75) is 18.2 Å². The fraction of sp³-hybridized carbons (Fsp3) is 0.143. The second kappa shape index (κ2) is 5.73. The van der Waals surface area contributed by atoms with Gasteiger partial charge in [0, 0.05) is 10.7 Å². The first-order chi connectivity index (χ1) is 9.42. The molecule has 0 aromatic heterocycles. The highest BCUT2D eigenvalue weighted by Gasteiger charge is 2.17. The number of nitrogens with two attached hydrogens (primary N) is 1. The average molecular weight is 311 g/mol. The van der Waals surface area contributed by atoms with E-state index in [0.717, 1.165) is 12.0 Å². The first kappa shape index (κ1) is 14.7. The highest BCUT2D eigenvalue weighted by atomic mass is 35.5. The second-order valence-corrected chi connectivity index (χ2v) is 6.43. The third-order valence-electron chi connectivity index (χ3n) is 2.85. The van der Waals surface area contributed by atoms with Crippen LogP contribution in [0.5, 0.6) is 0 Å². The molecule has 2 aromatic carbocycles. The summed E-state index contributed by atoms with van der Waals surface area (Å²) < 4.78 is 27.1. The summed E-state index contributed by atoms with van der Waals surface area (Å²) in [6.45, 7) is 2.00. The molecule has 0 saturated heterocycles. The number of anilines is 2. The maximum Gasteiger partial charge on any atom is 0.263 e. The van der Waals surface area contributed by atoms with E-state index in [2.05, 4.69) is 4.72 Å². The Morgan fingerprint density at radius 2 is 1.95 bits per heavy atom. The van der Waals surface area contributed by atoms with Crippen LogP contribution >= 0.6 is 11.6 Å². The molecule has 0 spiro atoms. The van der Waals surface area contributed by atoms with E-state index in [1.165, 1.54) is 18.2 Å². The van der Waals surface area contributed by atoms with E-state index in [4.69, 9.17) is 17.3 Å². The van der Waals surface area contributed by atoms with Gasteiger partial charge in [0.05, 0.1) is 5.69 Å². The Morgan fingerprint density at radius 3 is 2.60 bits per heavy atom. The van der Waals surface area contributed by atoms with Gasteiger partial charge in [-0.3, -0.25) is 4.72 Å². The lowest BCUT2D eigenvalue weighted by Gasteiger charge is -2.11. The minimum atomic E-state index is -3.72. The molecule has 0 bridgehead atoms. The van der Waals surface area contributed by atoms with Gasteiger partial charge in [0.2, 0.25) is 0 Å². The number of hydrogen-bond acceptors (Lipinski definition) is 3. The largest absolute Gasteiger partial charge is 0.398 e. The SMILES string of the molecule is CCc1cccc(NS(=O)(=O)c2ccc(Cl)cc2N)c1. The number of sulfonamides is 1. The van der Waals surface area contributed by atoms with E-state index in [9.17, 15) is 8.42 Å². The van der Waals surface area contributed by atoms with Crippen molar-refractivity contribution in [3.8, 4) is 0 Å². The van der Waals surface area contributed by atoms with Crippen molar-refractivity contribution in [1.29, 1.82) is 0 Å². The average Bonchev–Trinajstić information content (AvgIpc) is 2.37. The minimum Gasteiger partial charge on any atom is -0.398 e. The lowest BCUT2D eigenvalue weighted by molar-refractivity contribution is 0.601. The molecule has 0 unspecified atom stereocenters. The highest BCUT2D eigenvalue weighted by molar-refractivity contribution is 7.92. The van der Waals surface area contributed by atoms with Gasteiger partial charge >= 0.3 is 0 Å². The lowest BCUT2D eigenvalue weighted by Crippen LogP contribution is -2.14. The predicted octanol–water partition coefficient (Wildman–Crippen LogP) is 3.29. The summed E-state index contributed by atoms with van der Waals surface area (Å²) in [5.41, 5.74) is 7.40. The van der Waals surface area contributed by atoms with Crippen molar-refractivity contribution >= 4 is 33.0 Å². The minimum absolute atomic E-state index is 0.0174. The van der Waals surface area contributed by atoms with Crippen LogP contribution in [0.15, 0.2) is 47.4 Å². The fourth-order valence-corrected chi connectivity index (χ4v) is 3.17. The van der Waals surface area contributed by atoms with Gasteiger partial charge in [0.1, 0.15) is 4.90 Å². The molecule has 2 rings (SSSR count). The van der Waals surface area contributed by atoms with E-state index in [1.807, 2.05) is 19.1 Å². The molecule has 0 atom stereocenters. The van der Waals surface area contributed by atoms with Crippen molar-refractivity contribution in [1.82, 2.24) is 0 Å². The summed E-state index contributed by atoms with van der Waals surface area (Å²) in [5, 5.41) is 0.398. The molecule has 0 radical (unpaired) electrons. The monoisotopic (exact) mass is 310 g/mol. The quantitative estimate of drug-likeness (QED) is 0.851. The molecule has 0 amide bonds. The Balaban J connectivity index is 2.35. The molecule has 4 nitrogen and oxygen atoms in total. The van der Waals surface area contributed by atoms with Crippen LogP contribution in [-0.2, 0) is 16.4 Å². The van der Waals surface area contributed by atoms with Crippen LogP contribution in [0.25, 0.3) is 0 Å². The summed E-state index contributed by atoms with van der Waals surface area (Å²) in [6, 6.07) is 11.5. The third kappa shape index (κ3) is 3.23. The van der Waals surface area contributed by atoms with Crippen LogP contribution in [0.3, 0.4) is 0 Å².